The number of carbonyl (C=O) groups is 1. The van der Waals surface area contributed by atoms with Crippen molar-refractivity contribution in [3.05, 3.63) is 36.0 Å². The highest BCUT2D eigenvalue weighted by Crippen LogP contribution is 2.31. The van der Waals surface area contributed by atoms with Gasteiger partial charge in [0.25, 0.3) is 0 Å². The molecule has 4 atom stereocenters. The van der Waals surface area contributed by atoms with E-state index in [2.05, 4.69) is 20.4 Å². The standard InChI is InChI=1S/C18H24N6O6S/c1-19-31(28,29)30-14-6-13(16(26)17(14)27)22-18-11(7-20-9-21-18)15(25)12-4-5-24(23-12)8-10-2-3-10/h4-5,7,9-10,13-14,16-17,19,26-27H,2-3,6,8H2,1H3,(H,20,21,22)/t13-,14-,16+,17+/m1/s1. The smallest absolute Gasteiger partial charge is 0.335 e. The first-order chi connectivity index (χ1) is 14.8. The molecule has 0 amide bonds. The van der Waals surface area contributed by atoms with E-state index >= 15 is 0 Å². The number of aliphatic hydroxyl groups excluding tert-OH is 2. The van der Waals surface area contributed by atoms with E-state index in [-0.39, 0.29) is 23.5 Å². The molecule has 2 saturated carbocycles. The molecule has 168 valence electrons. The molecule has 0 unspecified atom stereocenters. The molecule has 13 heteroatoms. The maximum atomic E-state index is 13.0. The fourth-order valence-electron chi connectivity index (χ4n) is 3.51. The van der Waals surface area contributed by atoms with Crippen molar-refractivity contribution in [2.75, 3.05) is 12.4 Å². The number of anilines is 1. The van der Waals surface area contributed by atoms with Gasteiger partial charge in [0.2, 0.25) is 5.78 Å². The molecule has 2 aliphatic rings. The van der Waals surface area contributed by atoms with Gasteiger partial charge in [0, 0.05) is 32.4 Å². The number of hydrogen-bond donors (Lipinski definition) is 4. The van der Waals surface area contributed by atoms with Crippen molar-refractivity contribution in [3.8, 4) is 0 Å². The molecule has 31 heavy (non-hydrogen) atoms. The maximum Gasteiger partial charge on any atom is 0.335 e. The lowest BCUT2D eigenvalue weighted by atomic mass is 10.1. The monoisotopic (exact) mass is 452 g/mol. The third kappa shape index (κ3) is 4.91. The molecular formula is C18H24N6O6S. The molecule has 0 radical (unpaired) electrons. The molecule has 0 spiro atoms. The lowest BCUT2D eigenvalue weighted by molar-refractivity contribution is -0.00882. The number of rotatable bonds is 9. The molecule has 2 heterocycles. The van der Waals surface area contributed by atoms with Gasteiger partial charge in [0.1, 0.15) is 36.2 Å². The lowest BCUT2D eigenvalue weighted by Crippen LogP contribution is -2.38. The minimum Gasteiger partial charge on any atom is -0.388 e. The summed E-state index contributed by atoms with van der Waals surface area (Å²) in [6.45, 7) is 0.771. The SMILES string of the molecule is CNS(=O)(=O)O[C@@H]1C[C@@H](Nc2ncncc2C(=O)c2ccn(CC3CC3)n2)[C@H](O)[C@H]1O. The number of ketones is 1. The van der Waals surface area contributed by atoms with Crippen molar-refractivity contribution in [1.82, 2.24) is 24.5 Å². The fourth-order valence-corrected chi connectivity index (χ4v) is 4.13. The molecule has 2 fully saturated rings. The van der Waals surface area contributed by atoms with Gasteiger partial charge in [0.15, 0.2) is 0 Å². The summed E-state index contributed by atoms with van der Waals surface area (Å²) in [6, 6.07) is 0.822. The fraction of sp³-hybridized carbons (Fsp3) is 0.556. The summed E-state index contributed by atoms with van der Waals surface area (Å²) in [5.74, 6) is 0.360. The summed E-state index contributed by atoms with van der Waals surface area (Å²) in [7, 11) is -2.88. The molecule has 4 N–H and O–H groups in total. The Morgan fingerprint density at radius 2 is 2.10 bits per heavy atom. The van der Waals surface area contributed by atoms with Crippen molar-refractivity contribution in [2.45, 2.75) is 50.2 Å². The van der Waals surface area contributed by atoms with Crippen LogP contribution in [0.5, 0.6) is 0 Å². The first-order valence-corrected chi connectivity index (χ1v) is 11.3. The van der Waals surface area contributed by atoms with Crippen LogP contribution in [-0.2, 0) is 21.0 Å². The van der Waals surface area contributed by atoms with Crippen LogP contribution in [0.1, 0.15) is 35.3 Å². The minimum absolute atomic E-state index is 0.0309. The number of carbonyl (C=O) groups excluding carboxylic acids is 1. The van der Waals surface area contributed by atoms with Gasteiger partial charge in [-0.1, -0.05) is 0 Å². The summed E-state index contributed by atoms with van der Waals surface area (Å²) >= 11 is 0. The van der Waals surface area contributed by atoms with Crippen LogP contribution in [0, 0.1) is 5.92 Å². The zero-order valence-electron chi connectivity index (χ0n) is 16.7. The van der Waals surface area contributed by atoms with E-state index in [0.29, 0.717) is 5.92 Å². The first kappa shape index (κ1) is 21.8. The maximum absolute atomic E-state index is 13.0. The zero-order chi connectivity index (χ0) is 22.2. The van der Waals surface area contributed by atoms with E-state index < -0.39 is 40.4 Å². The van der Waals surface area contributed by atoms with Crippen molar-refractivity contribution < 1.29 is 27.6 Å². The Hall–Kier alpha value is -2.45. The number of nitrogens with zero attached hydrogens (tertiary/aromatic N) is 4. The van der Waals surface area contributed by atoms with E-state index in [1.54, 1.807) is 16.9 Å². The van der Waals surface area contributed by atoms with Crippen LogP contribution >= 0.6 is 0 Å². The van der Waals surface area contributed by atoms with Crippen molar-refractivity contribution in [2.24, 2.45) is 5.92 Å². The van der Waals surface area contributed by atoms with E-state index in [1.165, 1.54) is 32.4 Å². The van der Waals surface area contributed by atoms with Gasteiger partial charge in [-0.05, 0) is 24.8 Å². The van der Waals surface area contributed by atoms with Gasteiger partial charge in [-0.3, -0.25) is 13.7 Å². The molecular weight excluding hydrogens is 428 g/mol. The summed E-state index contributed by atoms with van der Waals surface area (Å²) < 4.78 is 31.9. The van der Waals surface area contributed by atoms with Crippen LogP contribution < -0.4 is 10.0 Å². The third-order valence-corrected chi connectivity index (χ3v) is 6.42. The normalized spacial score (nSPS) is 26.2. The second-order valence-corrected chi connectivity index (χ2v) is 9.25. The van der Waals surface area contributed by atoms with E-state index in [9.17, 15) is 23.4 Å². The highest BCUT2D eigenvalue weighted by atomic mass is 32.2. The second-order valence-electron chi connectivity index (χ2n) is 7.74. The Morgan fingerprint density at radius 3 is 2.81 bits per heavy atom. The molecule has 2 aromatic rings. The Labute approximate surface area is 178 Å². The topological polar surface area (TPSA) is 169 Å². The number of aromatic nitrogens is 4. The number of hydrogen-bond acceptors (Lipinski definition) is 10. The van der Waals surface area contributed by atoms with Crippen LogP contribution in [0.3, 0.4) is 0 Å². The molecule has 12 nitrogen and oxygen atoms in total. The van der Waals surface area contributed by atoms with Crippen LogP contribution in [-0.4, -0.2) is 75.6 Å². The number of aliphatic hydroxyl groups is 2. The Kier molecular flexibility index (Phi) is 6.03. The molecule has 2 aliphatic carbocycles. The minimum atomic E-state index is -4.05. The van der Waals surface area contributed by atoms with Crippen LogP contribution in [0.2, 0.25) is 0 Å². The predicted octanol–water partition coefficient (Wildman–Crippen LogP) is -0.930. The largest absolute Gasteiger partial charge is 0.388 e. The molecule has 0 saturated heterocycles. The Balaban J connectivity index is 1.49. The van der Waals surface area contributed by atoms with E-state index in [0.717, 1.165) is 6.54 Å². The highest BCUT2D eigenvalue weighted by molar-refractivity contribution is 7.84. The van der Waals surface area contributed by atoms with Crippen molar-refractivity contribution >= 4 is 21.9 Å². The summed E-state index contributed by atoms with van der Waals surface area (Å²) in [5, 5.41) is 27.8. The van der Waals surface area contributed by atoms with E-state index in [1.807, 2.05) is 4.72 Å². The number of nitrogens with one attached hydrogen (secondary N) is 2. The second kappa shape index (κ2) is 8.59. The van der Waals surface area contributed by atoms with E-state index in [4.69, 9.17) is 4.18 Å². The van der Waals surface area contributed by atoms with Crippen molar-refractivity contribution in [3.63, 3.8) is 0 Å². The van der Waals surface area contributed by atoms with Crippen molar-refractivity contribution in [1.29, 1.82) is 0 Å². The molecule has 0 aromatic carbocycles. The zero-order valence-corrected chi connectivity index (χ0v) is 17.6. The van der Waals surface area contributed by atoms with Gasteiger partial charge in [-0.25, -0.2) is 9.97 Å². The van der Waals surface area contributed by atoms with Gasteiger partial charge in [-0.15, -0.1) is 0 Å². The quantitative estimate of drug-likeness (QED) is 0.349. The molecule has 4 rings (SSSR count). The molecule has 0 aliphatic heterocycles. The Morgan fingerprint density at radius 1 is 1.32 bits per heavy atom. The summed E-state index contributed by atoms with van der Waals surface area (Å²) in [6.07, 6.45) is 2.69. The van der Waals surface area contributed by atoms with Gasteiger partial charge >= 0.3 is 10.3 Å². The summed E-state index contributed by atoms with van der Waals surface area (Å²) in [5.41, 5.74) is 0.389. The average molecular weight is 452 g/mol. The third-order valence-electron chi connectivity index (χ3n) is 5.42. The first-order valence-electron chi connectivity index (χ1n) is 9.90. The van der Waals surface area contributed by atoms with Crippen LogP contribution in [0.15, 0.2) is 24.8 Å². The van der Waals surface area contributed by atoms with Gasteiger partial charge < -0.3 is 15.5 Å². The molecule has 0 bridgehead atoms. The average Bonchev–Trinajstić information content (AvgIpc) is 3.38. The predicted molar refractivity (Wildman–Crippen MR) is 107 cm³/mol. The van der Waals surface area contributed by atoms with Crippen LogP contribution in [0.4, 0.5) is 5.82 Å². The van der Waals surface area contributed by atoms with Gasteiger partial charge in [-0.2, -0.15) is 18.2 Å². The Bertz CT molecular complexity index is 1060. The molecule has 2 aromatic heterocycles. The highest BCUT2D eigenvalue weighted by Gasteiger charge is 2.44. The van der Waals surface area contributed by atoms with Crippen LogP contribution in [0.25, 0.3) is 0 Å². The lowest BCUT2D eigenvalue weighted by Gasteiger charge is -2.19. The summed E-state index contributed by atoms with van der Waals surface area (Å²) in [4.78, 5) is 21.0. The van der Waals surface area contributed by atoms with Gasteiger partial charge in [0.05, 0.1) is 11.6 Å².